The van der Waals surface area contributed by atoms with E-state index < -0.39 is 0 Å². The van der Waals surface area contributed by atoms with Gasteiger partial charge in [-0.3, -0.25) is 4.90 Å². The minimum Gasteiger partial charge on any atom is -0.377 e. The summed E-state index contributed by atoms with van der Waals surface area (Å²) in [4.78, 5) is 13.7. The van der Waals surface area contributed by atoms with Crippen LogP contribution >= 0.6 is 0 Å². The van der Waals surface area contributed by atoms with Gasteiger partial charge in [0.05, 0.1) is 13.1 Å². The van der Waals surface area contributed by atoms with Gasteiger partial charge in [-0.15, -0.1) is 0 Å². The predicted octanol–water partition coefficient (Wildman–Crippen LogP) is 0.961. The van der Waals surface area contributed by atoms with Gasteiger partial charge in [-0.05, 0) is 6.54 Å². The summed E-state index contributed by atoms with van der Waals surface area (Å²) < 4.78 is 10.1. The first-order chi connectivity index (χ1) is 8.81. The molecule has 7 heteroatoms. The van der Waals surface area contributed by atoms with E-state index in [1.54, 1.807) is 13.3 Å². The second-order valence-corrected chi connectivity index (χ2v) is 3.88. The summed E-state index contributed by atoms with van der Waals surface area (Å²) in [6.07, 6.45) is 3.55. The zero-order chi connectivity index (χ0) is 12.8. The second-order valence-electron chi connectivity index (χ2n) is 3.88. The Kier molecular flexibility index (Phi) is 4.43. The molecule has 7 nitrogen and oxygen atoms in total. The fraction of sp³-hybridized carbons (Fsp3) is 0.545. The quantitative estimate of drug-likeness (QED) is 0.789. The molecular formula is C11H17N5O2. The molecule has 0 aromatic carbocycles. The smallest absolute Gasteiger partial charge is 0.240 e. The van der Waals surface area contributed by atoms with Gasteiger partial charge >= 0.3 is 0 Å². The number of nitrogens with one attached hydrogen (secondary N) is 1. The molecule has 0 aliphatic heterocycles. The van der Waals surface area contributed by atoms with E-state index in [1.807, 2.05) is 6.20 Å². The topological polar surface area (TPSA) is 80.1 Å². The van der Waals surface area contributed by atoms with Crippen molar-refractivity contribution in [2.75, 3.05) is 13.7 Å². The Morgan fingerprint density at radius 2 is 2.33 bits per heavy atom. The Hall–Kier alpha value is -1.73. The van der Waals surface area contributed by atoms with Crippen LogP contribution in [0.15, 0.2) is 16.9 Å². The first kappa shape index (κ1) is 12.7. The molecule has 0 bridgehead atoms. The molecule has 1 N–H and O–H groups in total. The lowest BCUT2D eigenvalue weighted by molar-refractivity contribution is 0.174. The minimum atomic E-state index is 0.369. The number of H-pyrrole nitrogens is 1. The summed E-state index contributed by atoms with van der Waals surface area (Å²) in [5, 5.41) is 3.83. The van der Waals surface area contributed by atoms with E-state index in [2.05, 4.69) is 31.9 Å². The van der Waals surface area contributed by atoms with E-state index in [0.717, 1.165) is 18.9 Å². The molecule has 18 heavy (non-hydrogen) atoms. The lowest BCUT2D eigenvalue weighted by Crippen LogP contribution is -2.23. The molecule has 2 aromatic rings. The molecule has 0 saturated heterocycles. The zero-order valence-electron chi connectivity index (χ0n) is 10.6. The molecule has 0 atom stereocenters. The lowest BCUT2D eigenvalue weighted by Gasteiger charge is -2.16. The van der Waals surface area contributed by atoms with Crippen LogP contribution in [0.2, 0.25) is 0 Å². The molecule has 2 aromatic heterocycles. The monoisotopic (exact) mass is 251 g/mol. The van der Waals surface area contributed by atoms with Crippen LogP contribution in [0, 0.1) is 0 Å². The number of ether oxygens (including phenoxy) is 1. The highest BCUT2D eigenvalue weighted by atomic mass is 16.5. The van der Waals surface area contributed by atoms with E-state index in [0.29, 0.717) is 24.9 Å². The Morgan fingerprint density at radius 1 is 1.44 bits per heavy atom. The Labute approximate surface area is 105 Å². The number of imidazole rings is 1. The maximum absolute atomic E-state index is 5.16. The standard InChI is InChI=1S/C11H17N5O2/c1-3-16(6-9-12-4-5-13-9)7-11-14-10(8-17-2)15-18-11/h4-5H,3,6-8H2,1-2H3,(H,12,13). The van der Waals surface area contributed by atoms with Gasteiger partial charge in [-0.25, -0.2) is 4.98 Å². The van der Waals surface area contributed by atoms with Crippen molar-refractivity contribution in [2.24, 2.45) is 0 Å². The number of nitrogens with zero attached hydrogens (tertiary/aromatic N) is 4. The van der Waals surface area contributed by atoms with Crippen LogP contribution in [-0.4, -0.2) is 38.7 Å². The van der Waals surface area contributed by atoms with E-state index in [9.17, 15) is 0 Å². The molecule has 0 aliphatic rings. The van der Waals surface area contributed by atoms with Crippen LogP contribution in [0.4, 0.5) is 0 Å². The largest absolute Gasteiger partial charge is 0.377 e. The molecule has 0 unspecified atom stereocenters. The first-order valence-electron chi connectivity index (χ1n) is 5.82. The number of methoxy groups -OCH3 is 1. The fourth-order valence-electron chi connectivity index (χ4n) is 1.61. The summed E-state index contributed by atoms with van der Waals surface area (Å²) in [6, 6.07) is 0. The van der Waals surface area contributed by atoms with Crippen molar-refractivity contribution in [2.45, 2.75) is 26.6 Å². The van der Waals surface area contributed by atoms with Gasteiger partial charge < -0.3 is 14.2 Å². The average Bonchev–Trinajstić information content (AvgIpc) is 3.01. The first-order valence-corrected chi connectivity index (χ1v) is 5.82. The minimum absolute atomic E-state index is 0.369. The van der Waals surface area contributed by atoms with Crippen molar-refractivity contribution in [1.29, 1.82) is 0 Å². The molecule has 0 aliphatic carbocycles. The molecule has 0 saturated carbocycles. The van der Waals surface area contributed by atoms with Crippen LogP contribution in [0.5, 0.6) is 0 Å². The van der Waals surface area contributed by atoms with Gasteiger partial charge in [0.15, 0.2) is 5.82 Å². The summed E-state index contributed by atoms with van der Waals surface area (Å²) in [7, 11) is 1.60. The highest BCUT2D eigenvalue weighted by Gasteiger charge is 2.12. The molecule has 0 fully saturated rings. The van der Waals surface area contributed by atoms with Crippen molar-refractivity contribution in [3.8, 4) is 0 Å². The number of aromatic amines is 1. The van der Waals surface area contributed by atoms with Crippen molar-refractivity contribution in [3.63, 3.8) is 0 Å². The van der Waals surface area contributed by atoms with Gasteiger partial charge in [-0.2, -0.15) is 4.98 Å². The van der Waals surface area contributed by atoms with Crippen LogP contribution in [0.3, 0.4) is 0 Å². The van der Waals surface area contributed by atoms with Crippen molar-refractivity contribution in [3.05, 3.63) is 29.9 Å². The summed E-state index contributed by atoms with van der Waals surface area (Å²) in [6.45, 7) is 4.66. The third kappa shape index (κ3) is 3.38. The zero-order valence-corrected chi connectivity index (χ0v) is 10.6. The van der Waals surface area contributed by atoms with E-state index in [-0.39, 0.29) is 0 Å². The molecule has 98 valence electrons. The highest BCUT2D eigenvalue weighted by molar-refractivity contribution is 4.89. The Balaban J connectivity index is 1.92. The summed E-state index contributed by atoms with van der Waals surface area (Å²) in [5.74, 6) is 2.09. The maximum Gasteiger partial charge on any atom is 0.240 e. The van der Waals surface area contributed by atoms with Gasteiger partial charge in [0.25, 0.3) is 0 Å². The SMILES string of the molecule is CCN(Cc1ncc[nH]1)Cc1nc(COC)no1. The normalized spacial score (nSPS) is 11.3. The fourth-order valence-corrected chi connectivity index (χ4v) is 1.61. The van der Waals surface area contributed by atoms with E-state index in [1.165, 1.54) is 0 Å². The third-order valence-corrected chi connectivity index (χ3v) is 2.52. The van der Waals surface area contributed by atoms with Gasteiger partial charge in [0.2, 0.25) is 5.89 Å². The number of rotatable bonds is 7. The highest BCUT2D eigenvalue weighted by Crippen LogP contribution is 2.06. The molecule has 2 heterocycles. The van der Waals surface area contributed by atoms with Crippen molar-refractivity contribution >= 4 is 0 Å². The van der Waals surface area contributed by atoms with E-state index >= 15 is 0 Å². The van der Waals surface area contributed by atoms with Gasteiger partial charge in [0, 0.05) is 19.5 Å². The van der Waals surface area contributed by atoms with Gasteiger partial charge in [-0.1, -0.05) is 12.1 Å². The van der Waals surface area contributed by atoms with Gasteiger partial charge in [0.1, 0.15) is 12.4 Å². The molecule has 0 radical (unpaired) electrons. The molecule has 0 amide bonds. The van der Waals surface area contributed by atoms with E-state index in [4.69, 9.17) is 9.26 Å². The molecule has 0 spiro atoms. The van der Waals surface area contributed by atoms with Crippen molar-refractivity contribution in [1.82, 2.24) is 25.0 Å². The maximum atomic E-state index is 5.16. The van der Waals surface area contributed by atoms with Crippen LogP contribution in [0.25, 0.3) is 0 Å². The van der Waals surface area contributed by atoms with Crippen LogP contribution < -0.4 is 0 Å². The van der Waals surface area contributed by atoms with Crippen LogP contribution in [-0.2, 0) is 24.4 Å². The predicted molar refractivity (Wildman–Crippen MR) is 63.4 cm³/mol. The van der Waals surface area contributed by atoms with Crippen LogP contribution in [0.1, 0.15) is 24.5 Å². The average molecular weight is 251 g/mol. The Bertz CT molecular complexity index is 454. The van der Waals surface area contributed by atoms with Crippen molar-refractivity contribution < 1.29 is 9.26 Å². The lowest BCUT2D eigenvalue weighted by atomic mass is 10.4. The Morgan fingerprint density at radius 3 is 3.00 bits per heavy atom. The third-order valence-electron chi connectivity index (χ3n) is 2.52. The second kappa shape index (κ2) is 6.27. The summed E-state index contributed by atoms with van der Waals surface area (Å²) in [5.41, 5.74) is 0. The number of hydrogen-bond donors (Lipinski definition) is 1. The molecular weight excluding hydrogens is 234 g/mol. The number of hydrogen-bond acceptors (Lipinski definition) is 6. The number of aromatic nitrogens is 4. The summed E-state index contributed by atoms with van der Waals surface area (Å²) >= 11 is 0. The molecule has 2 rings (SSSR count).